The van der Waals surface area contributed by atoms with Crippen molar-refractivity contribution in [2.24, 2.45) is 0 Å². The van der Waals surface area contributed by atoms with Gasteiger partial charge in [-0.3, -0.25) is 9.69 Å². The average molecular weight is 140 g/mol. The van der Waals surface area contributed by atoms with Gasteiger partial charge in [-0.1, -0.05) is 13.8 Å². The number of carbonyl (C=O) groups is 1. The van der Waals surface area contributed by atoms with Crippen LogP contribution >= 0.6 is 0 Å². The molecule has 57 valence electrons. The molecular formula is C8H14NO. The summed E-state index contributed by atoms with van der Waals surface area (Å²) in [6.07, 6.45) is 0.757. The minimum Gasteiger partial charge on any atom is -0.298 e. The van der Waals surface area contributed by atoms with Gasteiger partial charge in [-0.05, 0) is 5.92 Å². The van der Waals surface area contributed by atoms with E-state index in [1.54, 1.807) is 0 Å². The van der Waals surface area contributed by atoms with E-state index in [1.807, 2.05) is 0 Å². The smallest absolute Gasteiger partial charge is 0.148 e. The fraction of sp³-hybridized carbons (Fsp3) is 0.750. The van der Waals surface area contributed by atoms with E-state index in [4.69, 9.17) is 0 Å². The van der Waals surface area contributed by atoms with Crippen molar-refractivity contribution in [3.63, 3.8) is 0 Å². The van der Waals surface area contributed by atoms with Gasteiger partial charge in [0.1, 0.15) is 5.78 Å². The summed E-state index contributed by atoms with van der Waals surface area (Å²) in [5.41, 5.74) is 0. The van der Waals surface area contributed by atoms with Crippen molar-refractivity contribution in [1.82, 2.24) is 4.90 Å². The Labute approximate surface area is 62.2 Å². The van der Waals surface area contributed by atoms with Crippen molar-refractivity contribution >= 4 is 5.78 Å². The minimum atomic E-state index is 0.390. The Morgan fingerprint density at radius 3 is 2.70 bits per heavy atom. The van der Waals surface area contributed by atoms with Gasteiger partial charge in [-0.25, -0.2) is 0 Å². The number of ketones is 1. The number of nitrogens with zero attached hydrogens (tertiary/aromatic N) is 1. The zero-order valence-electron chi connectivity index (χ0n) is 6.68. The van der Waals surface area contributed by atoms with Crippen molar-refractivity contribution < 1.29 is 4.79 Å². The molecule has 0 atom stereocenters. The van der Waals surface area contributed by atoms with E-state index in [-0.39, 0.29) is 0 Å². The number of hydrogen-bond donors (Lipinski definition) is 0. The van der Waals surface area contributed by atoms with Crippen LogP contribution < -0.4 is 0 Å². The van der Waals surface area contributed by atoms with E-state index < -0.39 is 0 Å². The molecule has 2 heteroatoms. The Kier molecular flexibility index (Phi) is 2.44. The lowest BCUT2D eigenvalue weighted by Crippen LogP contribution is -2.24. The summed E-state index contributed by atoms with van der Waals surface area (Å²) >= 11 is 0. The van der Waals surface area contributed by atoms with E-state index in [1.165, 1.54) is 5.92 Å². The monoisotopic (exact) mass is 140 g/mol. The highest BCUT2D eigenvalue weighted by molar-refractivity contribution is 5.82. The van der Waals surface area contributed by atoms with Gasteiger partial charge in [-0.15, -0.1) is 0 Å². The van der Waals surface area contributed by atoms with Crippen molar-refractivity contribution in [3.05, 3.63) is 5.92 Å². The maximum atomic E-state index is 10.8. The van der Waals surface area contributed by atoms with Gasteiger partial charge in [0.15, 0.2) is 0 Å². The molecule has 10 heavy (non-hydrogen) atoms. The van der Waals surface area contributed by atoms with E-state index in [0.717, 1.165) is 19.5 Å². The SMILES string of the molecule is C[C](C)CN1CCC(=O)C1. The molecule has 1 radical (unpaired) electrons. The van der Waals surface area contributed by atoms with Crippen LogP contribution in [0.3, 0.4) is 0 Å². The van der Waals surface area contributed by atoms with E-state index in [9.17, 15) is 4.79 Å². The fourth-order valence-corrected chi connectivity index (χ4v) is 1.27. The molecule has 0 bridgehead atoms. The van der Waals surface area contributed by atoms with Crippen LogP contribution in [0, 0.1) is 5.92 Å². The Bertz CT molecular complexity index is 131. The van der Waals surface area contributed by atoms with Crippen LogP contribution in [0.25, 0.3) is 0 Å². The fourth-order valence-electron chi connectivity index (χ4n) is 1.27. The van der Waals surface area contributed by atoms with Crippen molar-refractivity contribution in [3.8, 4) is 0 Å². The third kappa shape index (κ3) is 2.10. The molecule has 0 saturated carbocycles. The number of rotatable bonds is 2. The first-order valence-electron chi connectivity index (χ1n) is 3.71. The molecular weight excluding hydrogens is 126 g/mol. The van der Waals surface area contributed by atoms with Crippen LogP contribution in [0.4, 0.5) is 0 Å². The molecule has 0 amide bonds. The molecule has 1 aliphatic heterocycles. The molecule has 0 N–H and O–H groups in total. The summed E-state index contributed by atoms with van der Waals surface area (Å²) < 4.78 is 0. The number of Topliss-reactive ketones (excluding diaryl/α,β-unsaturated/α-hetero) is 1. The maximum Gasteiger partial charge on any atom is 0.148 e. The molecule has 1 saturated heterocycles. The molecule has 2 nitrogen and oxygen atoms in total. The van der Waals surface area contributed by atoms with Crippen LogP contribution in [0.15, 0.2) is 0 Å². The Morgan fingerprint density at radius 1 is 1.60 bits per heavy atom. The second-order valence-electron chi connectivity index (χ2n) is 3.21. The Morgan fingerprint density at radius 2 is 2.30 bits per heavy atom. The average Bonchev–Trinajstić information content (AvgIpc) is 2.13. The lowest BCUT2D eigenvalue weighted by Gasteiger charge is -2.14. The first-order chi connectivity index (χ1) is 4.68. The Hall–Kier alpha value is -0.370. The van der Waals surface area contributed by atoms with Crippen molar-refractivity contribution in [1.29, 1.82) is 0 Å². The highest BCUT2D eigenvalue weighted by Gasteiger charge is 2.19. The number of likely N-dealkylation sites (tertiary alicyclic amines) is 1. The molecule has 1 fully saturated rings. The predicted molar refractivity (Wildman–Crippen MR) is 40.7 cm³/mol. The summed E-state index contributed by atoms with van der Waals surface area (Å²) in [5.74, 6) is 1.77. The number of carbonyl (C=O) groups excluding carboxylic acids is 1. The summed E-state index contributed by atoms with van der Waals surface area (Å²) in [5, 5.41) is 0. The first-order valence-corrected chi connectivity index (χ1v) is 3.71. The van der Waals surface area contributed by atoms with Gasteiger partial charge in [0.25, 0.3) is 0 Å². The third-order valence-corrected chi connectivity index (χ3v) is 1.65. The van der Waals surface area contributed by atoms with Crippen LogP contribution in [-0.2, 0) is 4.79 Å². The van der Waals surface area contributed by atoms with Crippen LogP contribution in [-0.4, -0.2) is 30.3 Å². The molecule has 0 aromatic carbocycles. The summed E-state index contributed by atoms with van der Waals surface area (Å²) in [4.78, 5) is 13.0. The molecule has 1 heterocycles. The topological polar surface area (TPSA) is 20.3 Å². The second kappa shape index (κ2) is 3.15. The van der Waals surface area contributed by atoms with Crippen LogP contribution in [0.5, 0.6) is 0 Å². The van der Waals surface area contributed by atoms with E-state index in [2.05, 4.69) is 18.7 Å². The van der Waals surface area contributed by atoms with Crippen molar-refractivity contribution in [2.75, 3.05) is 19.6 Å². The summed E-state index contributed by atoms with van der Waals surface area (Å²) in [7, 11) is 0. The zero-order chi connectivity index (χ0) is 7.56. The molecule has 1 rings (SSSR count). The Balaban J connectivity index is 2.24. The lowest BCUT2D eigenvalue weighted by molar-refractivity contribution is -0.116. The molecule has 0 aromatic heterocycles. The summed E-state index contributed by atoms with van der Waals surface area (Å²) in [6.45, 7) is 6.83. The van der Waals surface area contributed by atoms with E-state index in [0.29, 0.717) is 12.3 Å². The maximum absolute atomic E-state index is 10.8. The predicted octanol–water partition coefficient (Wildman–Crippen LogP) is 0.875. The highest BCUT2D eigenvalue weighted by Crippen LogP contribution is 2.07. The largest absolute Gasteiger partial charge is 0.298 e. The lowest BCUT2D eigenvalue weighted by atomic mass is 10.2. The van der Waals surface area contributed by atoms with Gasteiger partial charge < -0.3 is 0 Å². The quantitative estimate of drug-likeness (QED) is 0.567. The molecule has 0 aliphatic carbocycles. The molecule has 0 spiro atoms. The second-order valence-corrected chi connectivity index (χ2v) is 3.21. The number of hydrogen-bond acceptors (Lipinski definition) is 2. The van der Waals surface area contributed by atoms with Crippen LogP contribution in [0.1, 0.15) is 20.3 Å². The molecule has 0 unspecified atom stereocenters. The van der Waals surface area contributed by atoms with Gasteiger partial charge in [0, 0.05) is 19.5 Å². The molecule has 0 aromatic rings. The van der Waals surface area contributed by atoms with Crippen molar-refractivity contribution in [2.45, 2.75) is 20.3 Å². The summed E-state index contributed by atoms with van der Waals surface area (Å²) in [6, 6.07) is 0. The normalized spacial score (nSPS) is 20.9. The standard InChI is InChI=1S/C8H14NO/c1-7(2)5-9-4-3-8(10)6-9/h3-6H2,1-2H3. The van der Waals surface area contributed by atoms with Crippen LogP contribution in [0.2, 0.25) is 0 Å². The minimum absolute atomic E-state index is 0.390. The molecule has 1 aliphatic rings. The van der Waals surface area contributed by atoms with E-state index >= 15 is 0 Å². The van der Waals surface area contributed by atoms with Gasteiger partial charge in [0.2, 0.25) is 0 Å². The third-order valence-electron chi connectivity index (χ3n) is 1.65. The highest BCUT2D eigenvalue weighted by atomic mass is 16.1. The van der Waals surface area contributed by atoms with Gasteiger partial charge >= 0.3 is 0 Å². The van der Waals surface area contributed by atoms with Gasteiger partial charge in [-0.2, -0.15) is 0 Å². The first kappa shape index (κ1) is 7.73. The van der Waals surface area contributed by atoms with Gasteiger partial charge in [0.05, 0.1) is 6.54 Å². The zero-order valence-corrected chi connectivity index (χ0v) is 6.68.